The third-order valence-corrected chi connectivity index (χ3v) is 9.49. The van der Waals surface area contributed by atoms with E-state index in [9.17, 15) is 13.2 Å². The highest BCUT2D eigenvalue weighted by Crippen LogP contribution is 2.42. The van der Waals surface area contributed by atoms with Gasteiger partial charge < -0.3 is 9.13 Å². The van der Waals surface area contributed by atoms with E-state index < -0.39 is 11.7 Å². The van der Waals surface area contributed by atoms with Crippen molar-refractivity contribution >= 4 is 43.6 Å². The molecule has 0 spiro atoms. The summed E-state index contributed by atoms with van der Waals surface area (Å²) in [7, 11) is 0. The summed E-state index contributed by atoms with van der Waals surface area (Å²) in [4.78, 5) is 0. The van der Waals surface area contributed by atoms with Crippen LogP contribution in [0.25, 0.3) is 66.1 Å². The number of halogens is 3. The molecule has 0 atom stereocenters. The maximum atomic E-state index is 14.8. The van der Waals surface area contributed by atoms with Gasteiger partial charge in [0.2, 0.25) is 0 Å². The van der Waals surface area contributed by atoms with Crippen LogP contribution in [0.2, 0.25) is 0 Å². The average Bonchev–Trinajstić information content (AvgIpc) is 3.52. The predicted molar refractivity (Wildman–Crippen MR) is 189 cm³/mol. The highest BCUT2D eigenvalue weighted by molar-refractivity contribution is 6.11. The van der Waals surface area contributed by atoms with Gasteiger partial charge in [-0.25, -0.2) is 0 Å². The molecule has 0 aliphatic rings. The van der Waals surface area contributed by atoms with Crippen molar-refractivity contribution in [1.82, 2.24) is 9.13 Å². The lowest BCUT2D eigenvalue weighted by Crippen LogP contribution is -2.09. The molecule has 0 bridgehead atoms. The molecule has 2 heterocycles. The van der Waals surface area contributed by atoms with Gasteiger partial charge in [0, 0.05) is 32.9 Å². The van der Waals surface area contributed by atoms with Gasteiger partial charge in [-0.15, -0.1) is 0 Å². The van der Waals surface area contributed by atoms with E-state index in [1.54, 1.807) is 12.1 Å². The smallest absolute Gasteiger partial charge is 0.309 e. The standard InChI is InChI=1S/C42H33F3N2/c1-24-6-14-38-33(18-24)34-19-25(2)7-15-39(34)46(38)29-11-10-28(5)31(22-29)32-23-30(12-13-37(32)42(43,44)45)47-40-16-8-26(3)20-35(40)36-21-27(4)9-17-41(36)47/h6-23H,1-5H3. The monoisotopic (exact) mass is 622 g/mol. The summed E-state index contributed by atoms with van der Waals surface area (Å²) in [5.41, 5.74) is 10.9. The number of alkyl halides is 3. The van der Waals surface area contributed by atoms with Crippen LogP contribution in [0.5, 0.6) is 0 Å². The molecule has 47 heavy (non-hydrogen) atoms. The van der Waals surface area contributed by atoms with Crippen LogP contribution < -0.4 is 0 Å². The maximum absolute atomic E-state index is 14.8. The minimum atomic E-state index is -4.53. The summed E-state index contributed by atoms with van der Waals surface area (Å²) >= 11 is 0. The number of rotatable bonds is 3. The van der Waals surface area contributed by atoms with Gasteiger partial charge in [0.25, 0.3) is 0 Å². The zero-order chi connectivity index (χ0) is 32.8. The Kier molecular flexibility index (Phi) is 6.42. The van der Waals surface area contributed by atoms with Gasteiger partial charge in [-0.05, 0) is 130 Å². The first-order valence-corrected chi connectivity index (χ1v) is 15.8. The van der Waals surface area contributed by atoms with Crippen LogP contribution in [0.4, 0.5) is 13.2 Å². The Balaban J connectivity index is 1.40. The maximum Gasteiger partial charge on any atom is 0.417 e. The van der Waals surface area contributed by atoms with E-state index >= 15 is 0 Å². The topological polar surface area (TPSA) is 9.86 Å². The first kappa shape index (κ1) is 29.1. The third kappa shape index (κ3) is 4.64. The van der Waals surface area contributed by atoms with Crippen molar-refractivity contribution in [3.05, 3.63) is 143 Å². The van der Waals surface area contributed by atoms with Crippen molar-refractivity contribution in [2.45, 2.75) is 40.8 Å². The molecule has 0 aliphatic carbocycles. The lowest BCUT2D eigenvalue weighted by molar-refractivity contribution is -0.137. The minimum Gasteiger partial charge on any atom is -0.309 e. The van der Waals surface area contributed by atoms with Gasteiger partial charge in [0.1, 0.15) is 0 Å². The molecule has 0 saturated heterocycles. The van der Waals surface area contributed by atoms with Crippen molar-refractivity contribution in [3.8, 4) is 22.5 Å². The second-order valence-corrected chi connectivity index (χ2v) is 13.0. The molecule has 0 radical (unpaired) electrons. The fourth-order valence-corrected chi connectivity index (χ4v) is 7.24. The largest absolute Gasteiger partial charge is 0.417 e. The van der Waals surface area contributed by atoms with Crippen LogP contribution in [0, 0.1) is 34.6 Å². The van der Waals surface area contributed by atoms with Crippen molar-refractivity contribution < 1.29 is 13.2 Å². The van der Waals surface area contributed by atoms with Gasteiger partial charge >= 0.3 is 6.18 Å². The van der Waals surface area contributed by atoms with E-state index in [0.29, 0.717) is 11.3 Å². The molecule has 5 heteroatoms. The number of nitrogens with zero attached hydrogens (tertiary/aromatic N) is 2. The number of benzene rings is 6. The molecule has 8 rings (SSSR count). The Morgan fingerprint density at radius 3 is 1.15 bits per heavy atom. The summed E-state index contributed by atoms with van der Waals surface area (Å²) < 4.78 is 48.6. The normalized spacial score (nSPS) is 12.3. The molecule has 0 unspecified atom stereocenters. The van der Waals surface area contributed by atoms with E-state index in [0.717, 1.165) is 77.1 Å². The molecule has 2 aromatic heterocycles. The van der Waals surface area contributed by atoms with Gasteiger partial charge in [-0.1, -0.05) is 52.6 Å². The van der Waals surface area contributed by atoms with Crippen LogP contribution in [0.3, 0.4) is 0 Å². The Labute approximate surface area is 271 Å². The van der Waals surface area contributed by atoms with Gasteiger partial charge in [0.05, 0.1) is 27.6 Å². The number of hydrogen-bond acceptors (Lipinski definition) is 0. The Hall–Kier alpha value is -5.29. The lowest BCUT2D eigenvalue weighted by atomic mass is 9.94. The van der Waals surface area contributed by atoms with Gasteiger partial charge in [-0.3, -0.25) is 0 Å². The molecule has 232 valence electrons. The molecular weight excluding hydrogens is 589 g/mol. The highest BCUT2D eigenvalue weighted by Gasteiger charge is 2.34. The number of fused-ring (bicyclic) bond motifs is 6. The lowest BCUT2D eigenvalue weighted by Gasteiger charge is -2.19. The molecular formula is C42H33F3N2. The quantitative estimate of drug-likeness (QED) is 0.186. The minimum absolute atomic E-state index is 0.163. The molecule has 0 saturated carbocycles. The summed E-state index contributed by atoms with van der Waals surface area (Å²) in [6.07, 6.45) is -4.53. The zero-order valence-corrected chi connectivity index (χ0v) is 26.9. The van der Waals surface area contributed by atoms with Crippen LogP contribution >= 0.6 is 0 Å². The van der Waals surface area contributed by atoms with Crippen LogP contribution in [-0.2, 0) is 6.18 Å². The molecule has 8 aromatic rings. The SMILES string of the molecule is Cc1ccc2c(c1)c1cc(C)ccc1n2-c1ccc(C)c(-c2cc(-n3c4ccc(C)cc4c4cc(C)ccc43)ccc2C(F)(F)F)c1. The Bertz CT molecular complexity index is 2440. The van der Waals surface area contributed by atoms with Crippen molar-refractivity contribution in [1.29, 1.82) is 0 Å². The average molecular weight is 623 g/mol. The summed E-state index contributed by atoms with van der Waals surface area (Å²) in [6.45, 7) is 10.2. The number of aromatic nitrogens is 2. The number of aryl methyl sites for hydroxylation is 5. The zero-order valence-electron chi connectivity index (χ0n) is 26.9. The van der Waals surface area contributed by atoms with E-state index in [2.05, 4.69) is 110 Å². The second kappa shape index (κ2) is 10.4. The molecule has 0 amide bonds. The van der Waals surface area contributed by atoms with E-state index in [1.165, 1.54) is 6.07 Å². The van der Waals surface area contributed by atoms with E-state index in [-0.39, 0.29) is 5.56 Å². The fraction of sp³-hybridized carbons (Fsp3) is 0.143. The second-order valence-electron chi connectivity index (χ2n) is 13.0. The number of hydrogen-bond donors (Lipinski definition) is 0. The fourth-order valence-electron chi connectivity index (χ4n) is 7.24. The van der Waals surface area contributed by atoms with Crippen molar-refractivity contribution in [2.24, 2.45) is 0 Å². The van der Waals surface area contributed by atoms with Crippen molar-refractivity contribution in [2.75, 3.05) is 0 Å². The first-order valence-electron chi connectivity index (χ1n) is 15.8. The van der Waals surface area contributed by atoms with E-state index in [1.807, 2.05) is 25.1 Å². The Morgan fingerprint density at radius 1 is 0.404 bits per heavy atom. The van der Waals surface area contributed by atoms with E-state index in [4.69, 9.17) is 0 Å². The highest BCUT2D eigenvalue weighted by atomic mass is 19.4. The van der Waals surface area contributed by atoms with Crippen LogP contribution in [-0.4, -0.2) is 9.13 Å². The van der Waals surface area contributed by atoms with Crippen molar-refractivity contribution in [3.63, 3.8) is 0 Å². The van der Waals surface area contributed by atoms with Crippen LogP contribution in [0.1, 0.15) is 33.4 Å². The summed E-state index contributed by atoms with van der Waals surface area (Å²) in [5, 5.41) is 4.42. The third-order valence-electron chi connectivity index (χ3n) is 9.49. The molecule has 2 nitrogen and oxygen atoms in total. The molecule has 0 fully saturated rings. The summed E-state index contributed by atoms with van der Waals surface area (Å²) in [5.74, 6) is 0. The summed E-state index contributed by atoms with van der Waals surface area (Å²) in [6, 6.07) is 35.7. The van der Waals surface area contributed by atoms with Crippen LogP contribution in [0.15, 0.2) is 109 Å². The predicted octanol–water partition coefficient (Wildman–Crippen LogP) is 12.1. The Morgan fingerprint density at radius 2 is 0.766 bits per heavy atom. The molecule has 6 aromatic carbocycles. The first-order chi connectivity index (χ1) is 22.5. The van der Waals surface area contributed by atoms with Gasteiger partial charge in [0.15, 0.2) is 0 Å². The van der Waals surface area contributed by atoms with Gasteiger partial charge in [-0.2, -0.15) is 13.2 Å². The molecule has 0 N–H and O–H groups in total. The molecule has 0 aliphatic heterocycles.